The summed E-state index contributed by atoms with van der Waals surface area (Å²) < 4.78 is 7.54. The molecule has 7 heteroatoms. The van der Waals surface area contributed by atoms with Crippen molar-refractivity contribution < 1.29 is 4.74 Å². The number of hydrogen-bond acceptors (Lipinski definition) is 5. The molecule has 3 aromatic heterocycles. The minimum atomic E-state index is -0.343. The first-order valence-electron chi connectivity index (χ1n) is 10.4. The van der Waals surface area contributed by atoms with Crippen molar-refractivity contribution in [2.24, 2.45) is 0 Å². The second-order valence-electron chi connectivity index (χ2n) is 7.71. The number of hydrogen-bond donors (Lipinski definition) is 1. The molecule has 0 atom stereocenters. The molecular weight excluding hydrogens is 414 g/mol. The first kappa shape index (κ1) is 20.2. The van der Waals surface area contributed by atoms with Crippen LogP contribution in [0.3, 0.4) is 0 Å². The molecule has 0 saturated carbocycles. The molecule has 7 nitrogen and oxygen atoms in total. The number of aryl methyl sites for hydroxylation is 2. The number of imidazole rings is 1. The summed E-state index contributed by atoms with van der Waals surface area (Å²) in [5, 5.41) is 9.88. The Balaban J connectivity index is 1.71. The van der Waals surface area contributed by atoms with Crippen LogP contribution >= 0.6 is 0 Å². The van der Waals surface area contributed by atoms with Gasteiger partial charge in [0.05, 0.1) is 16.6 Å². The number of fused-ring (bicyclic) bond motifs is 2. The van der Waals surface area contributed by atoms with Gasteiger partial charge in [-0.1, -0.05) is 35.9 Å². The van der Waals surface area contributed by atoms with Crippen molar-refractivity contribution in [3.05, 3.63) is 99.7 Å². The van der Waals surface area contributed by atoms with E-state index in [-0.39, 0.29) is 22.6 Å². The van der Waals surface area contributed by atoms with E-state index in [1.807, 2.05) is 56.3 Å². The molecule has 0 aliphatic carbocycles. The predicted molar refractivity (Wildman–Crippen MR) is 127 cm³/mol. The summed E-state index contributed by atoms with van der Waals surface area (Å²) in [6.07, 6.45) is 3.11. The lowest BCUT2D eigenvalue weighted by molar-refractivity contribution is 0.457. The second kappa shape index (κ2) is 8.09. The lowest BCUT2D eigenvalue weighted by Gasteiger charge is -2.12. The highest BCUT2D eigenvalue weighted by Crippen LogP contribution is 2.28. The number of nitriles is 1. The average molecular weight is 433 g/mol. The minimum absolute atomic E-state index is 0.127. The molecule has 3 heterocycles. The Morgan fingerprint density at radius 2 is 1.91 bits per heavy atom. The Hall–Kier alpha value is -4.70. The van der Waals surface area contributed by atoms with Gasteiger partial charge in [-0.25, -0.2) is 4.98 Å². The number of pyridine rings is 1. The molecule has 0 fully saturated rings. The van der Waals surface area contributed by atoms with Crippen LogP contribution in [0.25, 0.3) is 28.3 Å². The van der Waals surface area contributed by atoms with E-state index in [0.717, 1.165) is 22.2 Å². The minimum Gasteiger partial charge on any atom is -0.438 e. The van der Waals surface area contributed by atoms with Crippen LogP contribution in [0.5, 0.6) is 11.6 Å². The SMILES string of the molecule is Cc1ccc(Oc2nc3ccccn3c(=O)c2/C=C(\C#N)c2nc3ccccc3[nH]2)c(C)c1. The second-order valence-corrected chi connectivity index (χ2v) is 7.71. The van der Waals surface area contributed by atoms with Gasteiger partial charge in [-0.3, -0.25) is 9.20 Å². The Morgan fingerprint density at radius 3 is 2.70 bits per heavy atom. The normalized spacial score (nSPS) is 11.6. The largest absolute Gasteiger partial charge is 0.438 e. The number of allylic oxidation sites excluding steroid dienone is 1. The third-order valence-electron chi connectivity index (χ3n) is 5.32. The predicted octanol–water partition coefficient (Wildman–Crippen LogP) is 5.04. The van der Waals surface area contributed by atoms with Crippen LogP contribution < -0.4 is 10.3 Å². The number of para-hydroxylation sites is 2. The van der Waals surface area contributed by atoms with Gasteiger partial charge in [-0.05, 0) is 55.8 Å². The molecule has 0 saturated heterocycles. The quantitative estimate of drug-likeness (QED) is 0.400. The number of H-pyrrole nitrogens is 1. The van der Waals surface area contributed by atoms with Gasteiger partial charge >= 0.3 is 0 Å². The summed E-state index contributed by atoms with van der Waals surface area (Å²) in [4.78, 5) is 25.6. The number of benzene rings is 2. The third kappa shape index (κ3) is 3.75. The first-order chi connectivity index (χ1) is 16.0. The average Bonchev–Trinajstić information content (AvgIpc) is 3.25. The van der Waals surface area contributed by atoms with Gasteiger partial charge in [0.2, 0.25) is 5.88 Å². The highest BCUT2D eigenvalue weighted by molar-refractivity contribution is 5.91. The Kier molecular flexibility index (Phi) is 4.96. The van der Waals surface area contributed by atoms with Gasteiger partial charge in [0.1, 0.15) is 28.9 Å². The maximum absolute atomic E-state index is 13.4. The zero-order valence-electron chi connectivity index (χ0n) is 18.0. The summed E-state index contributed by atoms with van der Waals surface area (Å²) in [5.41, 5.74) is 4.01. The van der Waals surface area contributed by atoms with E-state index in [1.54, 1.807) is 24.4 Å². The highest BCUT2D eigenvalue weighted by Gasteiger charge is 2.17. The van der Waals surface area contributed by atoms with Crippen molar-refractivity contribution in [1.82, 2.24) is 19.4 Å². The molecular formula is C26H19N5O2. The van der Waals surface area contributed by atoms with Crippen molar-refractivity contribution in [1.29, 1.82) is 5.26 Å². The van der Waals surface area contributed by atoms with E-state index in [4.69, 9.17) is 4.74 Å². The summed E-state index contributed by atoms with van der Waals surface area (Å²) >= 11 is 0. The number of nitrogens with one attached hydrogen (secondary N) is 1. The van der Waals surface area contributed by atoms with Crippen LogP contribution in [0.4, 0.5) is 0 Å². The van der Waals surface area contributed by atoms with Crippen molar-refractivity contribution in [2.75, 3.05) is 0 Å². The Bertz CT molecular complexity index is 1620. The first-order valence-corrected chi connectivity index (χ1v) is 10.4. The number of aromatic amines is 1. The molecule has 0 spiro atoms. The topological polar surface area (TPSA) is 96.1 Å². The standard InChI is InChI=1S/C26H19N5O2/c1-16-10-11-22(17(2)13-16)33-25-19(26(32)31-12-6-5-9-23(31)30-25)14-18(15-27)24-28-20-7-3-4-8-21(20)29-24/h3-14H,1-2H3,(H,28,29)/b18-14+. The summed E-state index contributed by atoms with van der Waals surface area (Å²) in [7, 11) is 0. The molecule has 0 amide bonds. The van der Waals surface area contributed by atoms with Crippen molar-refractivity contribution in [3.63, 3.8) is 0 Å². The highest BCUT2D eigenvalue weighted by atomic mass is 16.5. The molecule has 0 aliphatic heterocycles. The molecule has 0 unspecified atom stereocenters. The number of nitrogens with zero attached hydrogens (tertiary/aromatic N) is 4. The molecule has 2 aromatic carbocycles. The molecule has 5 rings (SSSR count). The van der Waals surface area contributed by atoms with E-state index in [9.17, 15) is 10.1 Å². The lowest BCUT2D eigenvalue weighted by atomic mass is 10.1. The molecule has 0 aliphatic rings. The van der Waals surface area contributed by atoms with Crippen LogP contribution in [0.15, 0.2) is 71.7 Å². The fourth-order valence-corrected chi connectivity index (χ4v) is 3.68. The van der Waals surface area contributed by atoms with E-state index >= 15 is 0 Å². The van der Waals surface area contributed by atoms with Crippen LogP contribution in [-0.2, 0) is 0 Å². The van der Waals surface area contributed by atoms with Gasteiger partial charge in [0, 0.05) is 6.20 Å². The Morgan fingerprint density at radius 1 is 1.09 bits per heavy atom. The summed E-state index contributed by atoms with van der Waals surface area (Å²) in [6, 6.07) is 20.7. The van der Waals surface area contributed by atoms with Gasteiger partial charge in [-0.2, -0.15) is 10.2 Å². The van der Waals surface area contributed by atoms with Crippen molar-refractivity contribution in [3.8, 4) is 17.7 Å². The number of ether oxygens (including phenoxy) is 1. The van der Waals surface area contributed by atoms with E-state index in [1.165, 1.54) is 10.5 Å². The molecule has 1 N–H and O–H groups in total. The number of rotatable bonds is 4. The van der Waals surface area contributed by atoms with E-state index in [0.29, 0.717) is 17.2 Å². The maximum Gasteiger partial charge on any atom is 0.269 e. The van der Waals surface area contributed by atoms with Crippen molar-refractivity contribution in [2.45, 2.75) is 13.8 Å². The summed E-state index contributed by atoms with van der Waals surface area (Å²) in [6.45, 7) is 3.93. The van der Waals surface area contributed by atoms with E-state index in [2.05, 4.69) is 21.0 Å². The smallest absolute Gasteiger partial charge is 0.269 e. The third-order valence-corrected chi connectivity index (χ3v) is 5.32. The molecule has 0 radical (unpaired) electrons. The zero-order chi connectivity index (χ0) is 22.9. The van der Waals surface area contributed by atoms with E-state index < -0.39 is 0 Å². The summed E-state index contributed by atoms with van der Waals surface area (Å²) in [5.74, 6) is 1.08. The fourth-order valence-electron chi connectivity index (χ4n) is 3.68. The van der Waals surface area contributed by atoms with Gasteiger partial charge in [0.25, 0.3) is 5.56 Å². The molecule has 0 bridgehead atoms. The van der Waals surface area contributed by atoms with Crippen molar-refractivity contribution >= 4 is 28.3 Å². The molecule has 5 aromatic rings. The number of aromatic nitrogens is 4. The molecule has 160 valence electrons. The van der Waals surface area contributed by atoms with Gasteiger partial charge in [-0.15, -0.1) is 0 Å². The molecule has 33 heavy (non-hydrogen) atoms. The van der Waals surface area contributed by atoms with Gasteiger partial charge in [0.15, 0.2) is 0 Å². The maximum atomic E-state index is 13.4. The van der Waals surface area contributed by atoms with Crippen LogP contribution in [0.1, 0.15) is 22.5 Å². The Labute approximate surface area is 189 Å². The van der Waals surface area contributed by atoms with Crippen LogP contribution in [0, 0.1) is 25.2 Å². The monoisotopic (exact) mass is 433 g/mol. The fraction of sp³-hybridized carbons (Fsp3) is 0.0769. The lowest BCUT2D eigenvalue weighted by Crippen LogP contribution is -2.18. The van der Waals surface area contributed by atoms with Crippen LogP contribution in [0.2, 0.25) is 0 Å². The zero-order valence-corrected chi connectivity index (χ0v) is 18.0. The van der Waals surface area contributed by atoms with Gasteiger partial charge < -0.3 is 9.72 Å². The van der Waals surface area contributed by atoms with Crippen LogP contribution in [-0.4, -0.2) is 19.4 Å².